The third-order valence-electron chi connectivity index (χ3n) is 5.39. The highest BCUT2D eigenvalue weighted by atomic mass is 32.2. The molecule has 4 aromatic carbocycles. The first-order chi connectivity index (χ1) is 14.5. The largest absolute Gasteiger partial charge is 0.399 e. The Hall–Kier alpha value is -2.82. The van der Waals surface area contributed by atoms with Crippen molar-refractivity contribution in [3.8, 4) is 22.3 Å². The second-order valence-electron chi connectivity index (χ2n) is 7.68. The zero-order valence-corrected chi connectivity index (χ0v) is 18.5. The van der Waals surface area contributed by atoms with Crippen LogP contribution in [0.3, 0.4) is 0 Å². The number of hydrogen-bond acceptors (Lipinski definition) is 4. The molecule has 0 fully saturated rings. The number of hydrogen-bond donors (Lipinski definition) is 2. The smallest absolute Gasteiger partial charge is 0.0485 e. The third-order valence-corrected chi connectivity index (χ3v) is 7.95. The van der Waals surface area contributed by atoms with Crippen LogP contribution in [-0.4, -0.2) is 0 Å². The molecule has 1 aliphatic heterocycles. The van der Waals surface area contributed by atoms with Crippen molar-refractivity contribution in [2.45, 2.75) is 33.4 Å². The fourth-order valence-electron chi connectivity index (χ4n) is 3.73. The summed E-state index contributed by atoms with van der Waals surface area (Å²) in [4.78, 5) is 4.85. The summed E-state index contributed by atoms with van der Waals surface area (Å²) in [6, 6.07) is 25.6. The van der Waals surface area contributed by atoms with E-state index in [0.717, 1.165) is 33.6 Å². The summed E-state index contributed by atoms with van der Waals surface area (Å²) in [7, 11) is 0. The molecule has 0 bridgehead atoms. The highest BCUT2D eigenvalue weighted by molar-refractivity contribution is 8.05. The zero-order valence-electron chi connectivity index (χ0n) is 16.9. The van der Waals surface area contributed by atoms with E-state index in [2.05, 4.69) is 80.6 Å². The molecule has 0 saturated heterocycles. The fourth-order valence-corrected chi connectivity index (χ4v) is 6.20. The van der Waals surface area contributed by atoms with Gasteiger partial charge in [0.15, 0.2) is 0 Å². The molecule has 0 saturated carbocycles. The Bertz CT molecular complexity index is 1260. The van der Waals surface area contributed by atoms with Gasteiger partial charge in [0.2, 0.25) is 0 Å². The molecule has 0 radical (unpaired) electrons. The maximum atomic E-state index is 6.85. The van der Waals surface area contributed by atoms with Gasteiger partial charge in [-0.3, -0.25) is 0 Å². The molecule has 0 unspecified atom stereocenters. The average molecular weight is 427 g/mol. The lowest BCUT2D eigenvalue weighted by atomic mass is 9.95. The van der Waals surface area contributed by atoms with Gasteiger partial charge in [-0.05, 0) is 49.2 Å². The molecule has 1 aliphatic rings. The van der Waals surface area contributed by atoms with Crippen molar-refractivity contribution in [1.29, 1.82) is 0 Å². The monoisotopic (exact) mass is 426 g/mol. The van der Waals surface area contributed by atoms with Gasteiger partial charge >= 0.3 is 0 Å². The summed E-state index contributed by atoms with van der Waals surface area (Å²) < 4.78 is 0. The predicted octanol–water partition coefficient (Wildman–Crippen LogP) is 7.42. The Morgan fingerprint density at radius 1 is 0.600 bits per heavy atom. The number of fused-ring (bicyclic) bond motifs is 2. The van der Waals surface area contributed by atoms with Crippen LogP contribution in [0, 0.1) is 13.8 Å². The SMILES string of the molecule is Cc1ccc(-c2cc3c(c(-c4ccc(C)cc4)c2N)Sc2ccc(N)cc2S3)cc1. The van der Waals surface area contributed by atoms with Crippen LogP contribution in [0.15, 0.2) is 92.4 Å². The number of rotatable bonds is 2. The van der Waals surface area contributed by atoms with Crippen molar-refractivity contribution in [1.82, 2.24) is 0 Å². The van der Waals surface area contributed by atoms with Crippen molar-refractivity contribution in [3.63, 3.8) is 0 Å². The van der Waals surface area contributed by atoms with E-state index in [1.54, 1.807) is 23.5 Å². The first-order valence-electron chi connectivity index (χ1n) is 9.85. The van der Waals surface area contributed by atoms with E-state index in [0.29, 0.717) is 0 Å². The molecule has 4 heteroatoms. The van der Waals surface area contributed by atoms with Gasteiger partial charge in [-0.15, -0.1) is 0 Å². The molecule has 1 heterocycles. The maximum absolute atomic E-state index is 6.85. The van der Waals surface area contributed by atoms with Crippen molar-refractivity contribution in [2.75, 3.05) is 11.5 Å². The fraction of sp³-hybridized carbons (Fsp3) is 0.0769. The Kier molecular flexibility index (Phi) is 4.76. The van der Waals surface area contributed by atoms with E-state index in [9.17, 15) is 0 Å². The molecule has 0 amide bonds. The van der Waals surface area contributed by atoms with Gasteiger partial charge < -0.3 is 11.5 Å². The summed E-state index contributed by atoms with van der Waals surface area (Å²) in [5.41, 5.74) is 21.5. The predicted molar refractivity (Wildman–Crippen MR) is 130 cm³/mol. The van der Waals surface area contributed by atoms with Crippen molar-refractivity contribution in [2.24, 2.45) is 0 Å². The van der Waals surface area contributed by atoms with Crippen LogP contribution >= 0.6 is 23.5 Å². The molecule has 0 atom stereocenters. The van der Waals surface area contributed by atoms with E-state index < -0.39 is 0 Å². The molecular weight excluding hydrogens is 404 g/mol. The lowest BCUT2D eigenvalue weighted by Gasteiger charge is -2.25. The molecule has 4 N–H and O–H groups in total. The van der Waals surface area contributed by atoms with Crippen LogP contribution in [-0.2, 0) is 0 Å². The average Bonchev–Trinajstić information content (AvgIpc) is 2.74. The van der Waals surface area contributed by atoms with Crippen molar-refractivity contribution < 1.29 is 0 Å². The second kappa shape index (κ2) is 7.46. The molecule has 4 aromatic rings. The van der Waals surface area contributed by atoms with Gasteiger partial charge in [-0.25, -0.2) is 0 Å². The molecule has 2 nitrogen and oxygen atoms in total. The quantitative estimate of drug-likeness (QED) is 0.288. The van der Waals surface area contributed by atoms with Gasteiger partial charge in [0.1, 0.15) is 0 Å². The topological polar surface area (TPSA) is 52.0 Å². The number of anilines is 2. The second-order valence-corrected chi connectivity index (χ2v) is 9.82. The number of nitrogens with two attached hydrogens (primary N) is 2. The van der Waals surface area contributed by atoms with Crippen LogP contribution in [0.25, 0.3) is 22.3 Å². The summed E-state index contributed by atoms with van der Waals surface area (Å²) >= 11 is 3.55. The van der Waals surface area contributed by atoms with Gasteiger partial charge in [-0.1, -0.05) is 83.2 Å². The van der Waals surface area contributed by atoms with Gasteiger partial charge in [0.05, 0.1) is 0 Å². The van der Waals surface area contributed by atoms with Gasteiger partial charge in [0.25, 0.3) is 0 Å². The van der Waals surface area contributed by atoms with E-state index in [1.807, 2.05) is 6.07 Å². The normalized spacial score (nSPS) is 12.3. The summed E-state index contributed by atoms with van der Waals surface area (Å²) in [5.74, 6) is 0. The van der Waals surface area contributed by atoms with Gasteiger partial charge in [-0.2, -0.15) is 0 Å². The van der Waals surface area contributed by atoms with Crippen LogP contribution < -0.4 is 11.5 Å². The van der Waals surface area contributed by atoms with Crippen molar-refractivity contribution >= 4 is 34.9 Å². The van der Waals surface area contributed by atoms with Crippen molar-refractivity contribution in [3.05, 3.63) is 83.9 Å². The molecule has 0 aromatic heterocycles. The van der Waals surface area contributed by atoms with E-state index in [1.165, 1.54) is 30.7 Å². The first-order valence-corrected chi connectivity index (χ1v) is 11.5. The summed E-state index contributed by atoms with van der Waals surface area (Å²) in [6.45, 7) is 4.21. The van der Waals surface area contributed by atoms with Crippen LogP contribution in [0.1, 0.15) is 11.1 Å². The van der Waals surface area contributed by atoms with E-state index in [4.69, 9.17) is 11.5 Å². The molecule has 0 aliphatic carbocycles. The number of benzene rings is 4. The summed E-state index contributed by atoms with van der Waals surface area (Å²) in [5, 5.41) is 0. The minimum absolute atomic E-state index is 0.790. The Balaban J connectivity index is 1.76. The molecule has 30 heavy (non-hydrogen) atoms. The maximum Gasteiger partial charge on any atom is 0.0485 e. The number of aryl methyl sites for hydroxylation is 2. The van der Waals surface area contributed by atoms with Crippen LogP contribution in [0.2, 0.25) is 0 Å². The van der Waals surface area contributed by atoms with E-state index >= 15 is 0 Å². The molecule has 0 spiro atoms. The number of nitrogen functional groups attached to an aromatic ring is 2. The standard InChI is InChI=1S/C26H22N2S2/c1-15-3-7-17(8-4-15)20-14-23-26(30-21-12-11-19(27)13-22(21)29-23)24(25(20)28)18-9-5-16(2)6-10-18/h3-14H,27-28H2,1-2H3. The first kappa shape index (κ1) is 19.2. The highest BCUT2D eigenvalue weighted by Gasteiger charge is 2.25. The molecular formula is C26H22N2S2. The zero-order chi connectivity index (χ0) is 20.8. The highest BCUT2D eigenvalue weighted by Crippen LogP contribution is 2.55. The Morgan fingerprint density at radius 2 is 1.23 bits per heavy atom. The van der Waals surface area contributed by atoms with Crippen LogP contribution in [0.5, 0.6) is 0 Å². The van der Waals surface area contributed by atoms with Crippen LogP contribution in [0.4, 0.5) is 11.4 Å². The lowest BCUT2D eigenvalue weighted by Crippen LogP contribution is -2.01. The summed E-state index contributed by atoms with van der Waals surface area (Å²) in [6.07, 6.45) is 0. The minimum Gasteiger partial charge on any atom is -0.399 e. The molecule has 148 valence electrons. The third kappa shape index (κ3) is 3.36. The minimum atomic E-state index is 0.790. The molecule has 5 rings (SSSR count). The lowest BCUT2D eigenvalue weighted by molar-refractivity contribution is 1.16. The Labute approximate surface area is 185 Å². The van der Waals surface area contributed by atoms with E-state index in [-0.39, 0.29) is 0 Å². The Morgan fingerprint density at radius 3 is 1.90 bits per heavy atom. The van der Waals surface area contributed by atoms with Gasteiger partial charge in [0, 0.05) is 42.1 Å².